The molecule has 134 valence electrons. The van der Waals surface area contributed by atoms with E-state index >= 15 is 0 Å². The SMILES string of the molecule is Cc1cc(N2CCOCC2)ccc1NS(=O)(=O)c1ccc(Cl)nc1Cl. The highest BCUT2D eigenvalue weighted by atomic mass is 35.5. The standard InChI is InChI=1S/C16H17Cl2N3O3S/c1-11-10-12(21-6-8-24-9-7-21)2-3-13(11)20-25(22,23)14-4-5-15(17)19-16(14)18/h2-5,10,20H,6-9H2,1H3. The van der Waals surface area contributed by atoms with Crippen LogP contribution in [0.15, 0.2) is 35.2 Å². The van der Waals surface area contributed by atoms with Gasteiger partial charge in [0, 0.05) is 18.8 Å². The first-order valence-electron chi connectivity index (χ1n) is 7.65. The van der Waals surface area contributed by atoms with Crippen LogP contribution >= 0.6 is 23.2 Å². The highest BCUT2D eigenvalue weighted by Gasteiger charge is 2.20. The number of pyridine rings is 1. The molecule has 0 bridgehead atoms. The summed E-state index contributed by atoms with van der Waals surface area (Å²) >= 11 is 11.6. The Morgan fingerprint density at radius 3 is 2.52 bits per heavy atom. The van der Waals surface area contributed by atoms with Gasteiger partial charge < -0.3 is 9.64 Å². The fourth-order valence-corrected chi connectivity index (χ4v) is 4.37. The fourth-order valence-electron chi connectivity index (χ4n) is 2.58. The van der Waals surface area contributed by atoms with Crippen molar-refractivity contribution in [2.24, 2.45) is 0 Å². The second-order valence-electron chi connectivity index (χ2n) is 5.63. The third-order valence-corrected chi connectivity index (χ3v) is 5.91. The zero-order valence-electron chi connectivity index (χ0n) is 13.5. The molecule has 0 unspecified atom stereocenters. The van der Waals surface area contributed by atoms with E-state index in [1.165, 1.54) is 12.1 Å². The van der Waals surface area contributed by atoms with Gasteiger partial charge in [-0.1, -0.05) is 23.2 Å². The average Bonchev–Trinajstić information content (AvgIpc) is 2.57. The summed E-state index contributed by atoms with van der Waals surface area (Å²) in [4.78, 5) is 5.86. The Balaban J connectivity index is 1.84. The Hall–Kier alpha value is -1.54. The van der Waals surface area contributed by atoms with Crippen molar-refractivity contribution in [1.29, 1.82) is 0 Å². The number of benzene rings is 1. The molecule has 0 aliphatic carbocycles. The monoisotopic (exact) mass is 401 g/mol. The van der Waals surface area contributed by atoms with Gasteiger partial charge in [0.15, 0.2) is 5.15 Å². The third kappa shape index (κ3) is 4.17. The predicted molar refractivity (Wildman–Crippen MR) is 99.3 cm³/mol. The maximum absolute atomic E-state index is 12.6. The maximum atomic E-state index is 12.6. The van der Waals surface area contributed by atoms with E-state index in [0.29, 0.717) is 18.9 Å². The molecule has 1 aliphatic heterocycles. The smallest absolute Gasteiger partial charge is 0.264 e. The van der Waals surface area contributed by atoms with Gasteiger partial charge >= 0.3 is 0 Å². The third-order valence-electron chi connectivity index (χ3n) is 3.90. The summed E-state index contributed by atoms with van der Waals surface area (Å²) in [6.07, 6.45) is 0. The Labute approximate surface area is 156 Å². The zero-order chi connectivity index (χ0) is 18.0. The lowest BCUT2D eigenvalue weighted by molar-refractivity contribution is 0.122. The number of nitrogens with zero attached hydrogens (tertiary/aromatic N) is 2. The molecule has 1 fully saturated rings. The van der Waals surface area contributed by atoms with E-state index in [1.54, 1.807) is 6.07 Å². The highest BCUT2D eigenvalue weighted by Crippen LogP contribution is 2.28. The second kappa shape index (κ2) is 7.37. The van der Waals surface area contributed by atoms with Crippen molar-refractivity contribution < 1.29 is 13.2 Å². The van der Waals surface area contributed by atoms with E-state index in [9.17, 15) is 8.42 Å². The minimum absolute atomic E-state index is 0.116. The van der Waals surface area contributed by atoms with E-state index in [0.717, 1.165) is 24.3 Å². The summed E-state index contributed by atoms with van der Waals surface area (Å²) in [5.74, 6) is 0. The first-order valence-corrected chi connectivity index (χ1v) is 9.89. The minimum Gasteiger partial charge on any atom is -0.378 e. The number of sulfonamides is 1. The van der Waals surface area contributed by atoms with E-state index in [2.05, 4.69) is 14.6 Å². The number of aryl methyl sites for hydroxylation is 1. The molecule has 25 heavy (non-hydrogen) atoms. The fraction of sp³-hybridized carbons (Fsp3) is 0.312. The molecule has 0 radical (unpaired) electrons. The molecular weight excluding hydrogens is 385 g/mol. The van der Waals surface area contributed by atoms with E-state index in [4.69, 9.17) is 27.9 Å². The van der Waals surface area contributed by atoms with Crippen molar-refractivity contribution in [3.8, 4) is 0 Å². The predicted octanol–water partition coefficient (Wildman–Crippen LogP) is 3.33. The topological polar surface area (TPSA) is 71.5 Å². The zero-order valence-corrected chi connectivity index (χ0v) is 15.8. The Morgan fingerprint density at radius 1 is 1.16 bits per heavy atom. The second-order valence-corrected chi connectivity index (χ2v) is 8.02. The van der Waals surface area contributed by atoms with Crippen LogP contribution in [0.2, 0.25) is 10.3 Å². The van der Waals surface area contributed by atoms with Crippen molar-refractivity contribution in [3.63, 3.8) is 0 Å². The summed E-state index contributed by atoms with van der Waals surface area (Å²) in [6.45, 7) is 4.86. The summed E-state index contributed by atoms with van der Waals surface area (Å²) in [6, 6.07) is 8.30. The van der Waals surface area contributed by atoms with Crippen LogP contribution in [0, 0.1) is 6.92 Å². The van der Waals surface area contributed by atoms with Gasteiger partial charge in [0.05, 0.1) is 18.9 Å². The molecule has 1 aliphatic rings. The van der Waals surface area contributed by atoms with Crippen LogP contribution in [0.4, 0.5) is 11.4 Å². The van der Waals surface area contributed by atoms with Crippen molar-refractivity contribution in [1.82, 2.24) is 4.98 Å². The Bertz CT molecular complexity index is 884. The number of ether oxygens (including phenoxy) is 1. The normalized spacial score (nSPS) is 15.2. The van der Waals surface area contributed by atoms with E-state index < -0.39 is 10.0 Å². The number of morpholine rings is 1. The van der Waals surface area contributed by atoms with Crippen LogP contribution in [-0.2, 0) is 14.8 Å². The van der Waals surface area contributed by atoms with Gasteiger partial charge in [-0.25, -0.2) is 13.4 Å². The van der Waals surface area contributed by atoms with Crippen molar-refractivity contribution >= 4 is 44.6 Å². The number of rotatable bonds is 4. The van der Waals surface area contributed by atoms with Crippen LogP contribution < -0.4 is 9.62 Å². The van der Waals surface area contributed by atoms with Crippen LogP contribution in [0.1, 0.15) is 5.56 Å². The molecule has 0 spiro atoms. The van der Waals surface area contributed by atoms with Crippen LogP contribution in [0.25, 0.3) is 0 Å². The van der Waals surface area contributed by atoms with Gasteiger partial charge in [-0.2, -0.15) is 0 Å². The molecule has 2 heterocycles. The van der Waals surface area contributed by atoms with Crippen LogP contribution in [0.3, 0.4) is 0 Å². The first kappa shape index (κ1) is 18.3. The lowest BCUT2D eigenvalue weighted by Crippen LogP contribution is -2.36. The van der Waals surface area contributed by atoms with Crippen molar-refractivity contribution in [2.45, 2.75) is 11.8 Å². The van der Waals surface area contributed by atoms with Gasteiger partial charge in [-0.05, 0) is 42.8 Å². The molecule has 0 atom stereocenters. The van der Waals surface area contributed by atoms with Gasteiger partial charge in [0.2, 0.25) is 0 Å². The van der Waals surface area contributed by atoms with Crippen molar-refractivity contribution in [3.05, 3.63) is 46.2 Å². The number of halogens is 2. The molecule has 6 nitrogen and oxygen atoms in total. The number of hydrogen-bond acceptors (Lipinski definition) is 5. The molecular formula is C16H17Cl2N3O3S. The molecule has 1 N–H and O–H groups in total. The highest BCUT2D eigenvalue weighted by molar-refractivity contribution is 7.92. The van der Waals surface area contributed by atoms with Gasteiger partial charge in [-0.3, -0.25) is 4.72 Å². The van der Waals surface area contributed by atoms with Gasteiger partial charge in [-0.15, -0.1) is 0 Å². The quantitative estimate of drug-likeness (QED) is 0.795. The largest absolute Gasteiger partial charge is 0.378 e. The van der Waals surface area contributed by atoms with Gasteiger partial charge in [0.1, 0.15) is 10.0 Å². The summed E-state index contributed by atoms with van der Waals surface area (Å²) < 4.78 is 33.0. The summed E-state index contributed by atoms with van der Waals surface area (Å²) in [5, 5.41) is -0.0300. The first-order chi connectivity index (χ1) is 11.9. The molecule has 0 amide bonds. The number of anilines is 2. The van der Waals surface area contributed by atoms with Crippen LogP contribution in [-0.4, -0.2) is 39.7 Å². The average molecular weight is 402 g/mol. The summed E-state index contributed by atoms with van der Waals surface area (Å²) in [5.41, 5.74) is 2.34. The molecule has 1 saturated heterocycles. The molecule has 9 heteroatoms. The van der Waals surface area contributed by atoms with Crippen LogP contribution in [0.5, 0.6) is 0 Å². The molecule has 3 rings (SSSR count). The van der Waals surface area contributed by atoms with Crippen molar-refractivity contribution in [2.75, 3.05) is 35.9 Å². The number of nitrogens with one attached hydrogen (secondary N) is 1. The number of aromatic nitrogens is 1. The molecule has 1 aromatic carbocycles. The molecule has 2 aromatic rings. The maximum Gasteiger partial charge on any atom is 0.264 e. The van der Waals surface area contributed by atoms with Gasteiger partial charge in [0.25, 0.3) is 10.0 Å². The Morgan fingerprint density at radius 2 is 1.88 bits per heavy atom. The lowest BCUT2D eigenvalue weighted by atomic mass is 10.1. The van der Waals surface area contributed by atoms with E-state index in [1.807, 2.05) is 19.1 Å². The molecule has 0 saturated carbocycles. The molecule has 1 aromatic heterocycles. The minimum atomic E-state index is -3.86. The van der Waals surface area contributed by atoms with E-state index in [-0.39, 0.29) is 15.2 Å². The lowest BCUT2D eigenvalue weighted by Gasteiger charge is -2.29. The summed E-state index contributed by atoms with van der Waals surface area (Å²) in [7, 11) is -3.86. The number of hydrogen-bond donors (Lipinski definition) is 1. The Kier molecular flexibility index (Phi) is 5.38.